The van der Waals surface area contributed by atoms with E-state index in [0.717, 1.165) is 5.56 Å². The number of benzene rings is 1. The lowest BCUT2D eigenvalue weighted by Gasteiger charge is -2.18. The lowest BCUT2D eigenvalue weighted by Crippen LogP contribution is -2.31. The largest absolute Gasteiger partial charge is 0.446 e. The Morgan fingerprint density at radius 2 is 2.11 bits per heavy atom. The van der Waals surface area contributed by atoms with Gasteiger partial charge in [0, 0.05) is 6.54 Å². The Bertz CT molecular complexity index is 610. The third-order valence-electron chi connectivity index (χ3n) is 2.83. The first-order valence-electron chi connectivity index (χ1n) is 5.93. The van der Waals surface area contributed by atoms with E-state index >= 15 is 0 Å². The van der Waals surface area contributed by atoms with Crippen LogP contribution in [0.1, 0.15) is 19.4 Å². The topological polar surface area (TPSA) is 89.7 Å². The molecule has 2 N–H and O–H groups in total. The standard InChI is InChI=1S/C12H16N2O4S/c1-8(2)18-12(15)14-6-5-9-7-10(19(13,16)17)3-4-11(9)14/h3-4,7-8H,5-6H2,1-2H3,(H2,13,16,17). The van der Waals surface area contributed by atoms with E-state index in [-0.39, 0.29) is 11.0 Å². The minimum Gasteiger partial charge on any atom is -0.446 e. The van der Waals surface area contributed by atoms with Gasteiger partial charge < -0.3 is 4.74 Å². The van der Waals surface area contributed by atoms with Gasteiger partial charge in [0.05, 0.1) is 16.7 Å². The van der Waals surface area contributed by atoms with Crippen LogP contribution in [0.4, 0.5) is 10.5 Å². The molecule has 0 atom stereocenters. The van der Waals surface area contributed by atoms with Gasteiger partial charge in [-0.15, -0.1) is 0 Å². The van der Waals surface area contributed by atoms with Crippen molar-refractivity contribution in [3.63, 3.8) is 0 Å². The molecule has 0 aliphatic carbocycles. The van der Waals surface area contributed by atoms with E-state index in [1.165, 1.54) is 17.0 Å². The molecule has 0 aromatic heterocycles. The maximum atomic E-state index is 11.9. The van der Waals surface area contributed by atoms with E-state index in [4.69, 9.17) is 9.88 Å². The molecule has 1 aromatic carbocycles. The fourth-order valence-corrected chi connectivity index (χ4v) is 2.57. The summed E-state index contributed by atoms with van der Waals surface area (Å²) in [4.78, 5) is 13.4. The van der Waals surface area contributed by atoms with Crippen molar-refractivity contribution in [3.05, 3.63) is 23.8 Å². The minimum absolute atomic E-state index is 0.0605. The molecule has 0 bridgehead atoms. The van der Waals surface area contributed by atoms with Crippen LogP contribution in [0.5, 0.6) is 0 Å². The van der Waals surface area contributed by atoms with Crippen LogP contribution in [0, 0.1) is 0 Å². The molecule has 1 aliphatic heterocycles. The van der Waals surface area contributed by atoms with Crippen LogP contribution in [-0.4, -0.2) is 27.2 Å². The van der Waals surface area contributed by atoms with Gasteiger partial charge in [0.1, 0.15) is 0 Å². The van der Waals surface area contributed by atoms with Crippen LogP contribution >= 0.6 is 0 Å². The highest BCUT2D eigenvalue weighted by atomic mass is 32.2. The summed E-state index contributed by atoms with van der Waals surface area (Å²) in [6.45, 7) is 4.03. The summed E-state index contributed by atoms with van der Waals surface area (Å²) in [5.41, 5.74) is 1.46. The monoisotopic (exact) mass is 284 g/mol. The highest BCUT2D eigenvalue weighted by Crippen LogP contribution is 2.30. The Labute approximate surface area is 112 Å². The van der Waals surface area contributed by atoms with Crippen molar-refractivity contribution in [2.75, 3.05) is 11.4 Å². The number of primary sulfonamides is 1. The minimum atomic E-state index is -3.72. The number of fused-ring (bicyclic) bond motifs is 1. The Balaban J connectivity index is 2.30. The molecule has 0 saturated carbocycles. The van der Waals surface area contributed by atoms with Gasteiger partial charge in [-0.25, -0.2) is 18.4 Å². The first-order chi connectivity index (χ1) is 8.79. The van der Waals surface area contributed by atoms with Crippen LogP contribution < -0.4 is 10.0 Å². The maximum absolute atomic E-state index is 11.9. The van der Waals surface area contributed by atoms with Crippen LogP contribution in [0.2, 0.25) is 0 Å². The molecule has 1 aromatic rings. The Hall–Kier alpha value is -1.60. The fourth-order valence-electron chi connectivity index (χ4n) is 2.01. The number of nitrogens with zero attached hydrogens (tertiary/aromatic N) is 1. The lowest BCUT2D eigenvalue weighted by atomic mass is 10.2. The van der Waals surface area contributed by atoms with Gasteiger partial charge in [-0.3, -0.25) is 4.90 Å². The van der Waals surface area contributed by atoms with E-state index in [0.29, 0.717) is 18.7 Å². The zero-order chi connectivity index (χ0) is 14.2. The van der Waals surface area contributed by atoms with Crippen molar-refractivity contribution in [1.29, 1.82) is 0 Å². The number of hydrogen-bond acceptors (Lipinski definition) is 4. The average Bonchev–Trinajstić information content (AvgIpc) is 2.69. The zero-order valence-electron chi connectivity index (χ0n) is 10.8. The smallest absolute Gasteiger partial charge is 0.414 e. The second-order valence-electron chi connectivity index (χ2n) is 4.67. The third kappa shape index (κ3) is 2.87. The number of sulfonamides is 1. The Morgan fingerprint density at radius 1 is 1.42 bits per heavy atom. The van der Waals surface area contributed by atoms with Crippen LogP contribution in [-0.2, 0) is 21.2 Å². The molecular weight excluding hydrogens is 268 g/mol. The number of carbonyl (C=O) groups excluding carboxylic acids is 1. The molecule has 2 rings (SSSR count). The number of carbonyl (C=O) groups is 1. The molecule has 6 nitrogen and oxygen atoms in total. The average molecular weight is 284 g/mol. The van der Waals surface area contributed by atoms with Crippen molar-refractivity contribution in [2.45, 2.75) is 31.3 Å². The quantitative estimate of drug-likeness (QED) is 0.884. The van der Waals surface area contributed by atoms with E-state index in [9.17, 15) is 13.2 Å². The summed E-state index contributed by atoms with van der Waals surface area (Å²) >= 11 is 0. The first kappa shape index (κ1) is 13.8. The highest BCUT2D eigenvalue weighted by molar-refractivity contribution is 7.89. The summed E-state index contributed by atoms with van der Waals surface area (Å²) in [6, 6.07) is 4.49. The molecule has 1 heterocycles. The van der Waals surface area contributed by atoms with Crippen molar-refractivity contribution >= 4 is 21.8 Å². The van der Waals surface area contributed by atoms with Gasteiger partial charge in [0.25, 0.3) is 0 Å². The Morgan fingerprint density at radius 3 is 2.68 bits per heavy atom. The molecular formula is C12H16N2O4S. The van der Waals surface area contributed by atoms with E-state index in [2.05, 4.69) is 0 Å². The highest BCUT2D eigenvalue weighted by Gasteiger charge is 2.27. The number of ether oxygens (including phenoxy) is 1. The molecule has 0 unspecified atom stereocenters. The second kappa shape index (κ2) is 4.82. The van der Waals surface area contributed by atoms with Crippen molar-refractivity contribution in [2.24, 2.45) is 5.14 Å². The summed E-state index contributed by atoms with van der Waals surface area (Å²) < 4.78 is 27.7. The molecule has 19 heavy (non-hydrogen) atoms. The summed E-state index contributed by atoms with van der Waals surface area (Å²) in [7, 11) is -3.72. The van der Waals surface area contributed by atoms with Crippen molar-refractivity contribution in [3.8, 4) is 0 Å². The third-order valence-corrected chi connectivity index (χ3v) is 3.74. The lowest BCUT2D eigenvalue weighted by molar-refractivity contribution is 0.123. The maximum Gasteiger partial charge on any atom is 0.414 e. The van der Waals surface area contributed by atoms with Crippen molar-refractivity contribution < 1.29 is 17.9 Å². The predicted molar refractivity (Wildman–Crippen MR) is 70.5 cm³/mol. The van der Waals surface area contributed by atoms with Gasteiger partial charge in [0.15, 0.2) is 0 Å². The summed E-state index contributed by atoms with van der Waals surface area (Å²) in [5, 5.41) is 5.08. The number of amides is 1. The normalized spacial score (nSPS) is 14.6. The fraction of sp³-hybridized carbons (Fsp3) is 0.417. The van der Waals surface area contributed by atoms with E-state index in [1.807, 2.05) is 0 Å². The molecule has 0 saturated heterocycles. The van der Waals surface area contributed by atoms with Gasteiger partial charge in [-0.05, 0) is 44.0 Å². The summed E-state index contributed by atoms with van der Waals surface area (Å²) in [6.07, 6.45) is -0.0244. The van der Waals surface area contributed by atoms with E-state index < -0.39 is 16.1 Å². The number of anilines is 1. The van der Waals surface area contributed by atoms with Crippen LogP contribution in [0.25, 0.3) is 0 Å². The van der Waals surface area contributed by atoms with Gasteiger partial charge in [0.2, 0.25) is 10.0 Å². The predicted octanol–water partition coefficient (Wildman–Crippen LogP) is 1.24. The molecule has 7 heteroatoms. The van der Waals surface area contributed by atoms with Gasteiger partial charge in [-0.2, -0.15) is 0 Å². The van der Waals surface area contributed by atoms with Crippen LogP contribution in [0.15, 0.2) is 23.1 Å². The number of hydrogen-bond donors (Lipinski definition) is 1. The van der Waals surface area contributed by atoms with Crippen LogP contribution in [0.3, 0.4) is 0 Å². The summed E-state index contributed by atoms with van der Waals surface area (Å²) in [5.74, 6) is 0. The molecule has 1 aliphatic rings. The zero-order valence-corrected chi connectivity index (χ0v) is 11.6. The molecule has 104 valence electrons. The van der Waals surface area contributed by atoms with Gasteiger partial charge >= 0.3 is 6.09 Å². The van der Waals surface area contributed by atoms with Crippen molar-refractivity contribution in [1.82, 2.24) is 0 Å². The molecule has 0 spiro atoms. The number of nitrogens with two attached hydrogens (primary N) is 1. The second-order valence-corrected chi connectivity index (χ2v) is 6.23. The molecule has 1 amide bonds. The number of rotatable bonds is 2. The molecule has 0 fully saturated rings. The Kier molecular flexibility index (Phi) is 3.51. The first-order valence-corrected chi connectivity index (χ1v) is 7.47. The SMILES string of the molecule is CC(C)OC(=O)N1CCc2cc(S(N)(=O)=O)ccc21. The molecule has 0 radical (unpaired) electrons. The van der Waals surface area contributed by atoms with Gasteiger partial charge in [-0.1, -0.05) is 0 Å². The van der Waals surface area contributed by atoms with E-state index in [1.54, 1.807) is 19.9 Å².